The van der Waals surface area contributed by atoms with Crippen LogP contribution in [0, 0.1) is 11.8 Å². The van der Waals surface area contributed by atoms with Crippen LogP contribution >= 0.6 is 0 Å². The second-order valence-electron chi connectivity index (χ2n) is 8.27. The topological polar surface area (TPSA) is 92.5 Å². The molecule has 2 unspecified atom stereocenters. The van der Waals surface area contributed by atoms with Crippen LogP contribution in [-0.2, 0) is 4.79 Å². The average Bonchev–Trinajstić information content (AvgIpc) is 2.61. The summed E-state index contributed by atoms with van der Waals surface area (Å²) in [6.45, 7) is 4.47. The van der Waals surface area contributed by atoms with Crippen LogP contribution in [-0.4, -0.2) is 22.8 Å². The van der Waals surface area contributed by atoms with Gasteiger partial charge >= 0.3 is 5.97 Å². The lowest BCUT2D eigenvalue weighted by Gasteiger charge is -2.16. The first kappa shape index (κ1) is 28.6. The number of unbranched alkanes of at least 4 members (excludes halogenated alkanes) is 13. The molecule has 2 atom stereocenters. The van der Waals surface area contributed by atoms with Crippen LogP contribution in [0.25, 0.3) is 0 Å². The van der Waals surface area contributed by atoms with E-state index in [2.05, 4.69) is 6.92 Å². The lowest BCUT2D eigenvalue weighted by Crippen LogP contribution is -2.17. The number of aliphatic hydroxyl groups excluding tert-OH is 1. The van der Waals surface area contributed by atoms with Gasteiger partial charge in [-0.15, -0.1) is 0 Å². The molecule has 0 heterocycles. The van der Waals surface area contributed by atoms with Gasteiger partial charge in [0.25, 0.3) is 0 Å². The van der Waals surface area contributed by atoms with E-state index >= 15 is 0 Å². The first-order chi connectivity index (χ1) is 12.6. The van der Waals surface area contributed by atoms with Crippen LogP contribution in [0.2, 0.25) is 0 Å². The maximum Gasteiger partial charge on any atom is 0.306 e. The monoisotopic (exact) mass is 387 g/mol. The van der Waals surface area contributed by atoms with E-state index in [4.69, 9.17) is 5.11 Å². The van der Waals surface area contributed by atoms with Gasteiger partial charge in [-0.05, 0) is 25.2 Å². The summed E-state index contributed by atoms with van der Waals surface area (Å²) in [6, 6.07) is 0. The largest absolute Gasteiger partial charge is 0.481 e. The molecule has 0 radical (unpaired) electrons. The summed E-state index contributed by atoms with van der Waals surface area (Å²) >= 11 is 0. The fraction of sp³-hybridized carbons (Fsp3) is 0.957. The molecular weight excluding hydrogens is 338 g/mol. The molecule has 0 saturated heterocycles. The van der Waals surface area contributed by atoms with E-state index in [1.807, 2.05) is 6.92 Å². The van der Waals surface area contributed by atoms with E-state index in [1.165, 1.54) is 77.0 Å². The third kappa shape index (κ3) is 19.9. The van der Waals surface area contributed by atoms with E-state index in [0.717, 1.165) is 19.3 Å². The lowest BCUT2D eigenvalue weighted by atomic mass is 9.89. The van der Waals surface area contributed by atoms with Gasteiger partial charge in [0.15, 0.2) is 0 Å². The van der Waals surface area contributed by atoms with E-state index < -0.39 is 5.97 Å². The summed E-state index contributed by atoms with van der Waals surface area (Å²) in [6.07, 6.45) is 20.8. The van der Waals surface area contributed by atoms with E-state index in [1.54, 1.807) is 0 Å². The maximum atomic E-state index is 11.3. The van der Waals surface area contributed by atoms with Crippen LogP contribution in [0.15, 0.2) is 0 Å². The number of aliphatic hydroxyl groups is 1. The molecule has 0 aromatic carbocycles. The second-order valence-corrected chi connectivity index (χ2v) is 8.27. The number of carboxylic acid groups (broad SMARTS) is 1. The molecule has 4 nitrogen and oxygen atoms in total. The highest BCUT2D eigenvalue weighted by atomic mass is 16.4. The standard InChI is InChI=1S/C23H46O3.H3N/c1-3-4-5-6-7-8-9-10-11-12-13-14-15-16-17-22(23(25)26)20-21(2)18-19-24;/h21-22,24H,3-20H2,1-2H3,(H,25,26);1H3. The molecule has 0 rings (SSSR count). The van der Waals surface area contributed by atoms with Crippen molar-refractivity contribution < 1.29 is 15.0 Å². The predicted molar refractivity (Wildman–Crippen MR) is 117 cm³/mol. The normalized spacial score (nSPS) is 13.1. The minimum absolute atomic E-state index is 0. The summed E-state index contributed by atoms with van der Waals surface area (Å²) in [5, 5.41) is 18.3. The molecule has 0 aliphatic heterocycles. The molecular formula is C23H49NO3. The predicted octanol–water partition coefficient (Wildman–Crippen LogP) is 7.13. The molecule has 0 aliphatic rings. The fourth-order valence-electron chi connectivity index (χ4n) is 3.75. The molecule has 0 amide bonds. The van der Waals surface area contributed by atoms with Gasteiger partial charge in [-0.1, -0.05) is 104 Å². The van der Waals surface area contributed by atoms with Crippen molar-refractivity contribution in [1.82, 2.24) is 6.15 Å². The van der Waals surface area contributed by atoms with Crippen molar-refractivity contribution in [2.45, 2.75) is 123 Å². The van der Waals surface area contributed by atoms with Gasteiger partial charge in [-0.25, -0.2) is 0 Å². The van der Waals surface area contributed by atoms with Gasteiger partial charge in [0.1, 0.15) is 0 Å². The SMILES string of the molecule is CCCCCCCCCCCCCCCCC(CC(C)CCO)C(=O)O.N. The van der Waals surface area contributed by atoms with E-state index in [9.17, 15) is 9.90 Å². The Morgan fingerprint density at radius 2 is 1.15 bits per heavy atom. The van der Waals surface area contributed by atoms with Gasteiger partial charge in [0.2, 0.25) is 0 Å². The van der Waals surface area contributed by atoms with Crippen molar-refractivity contribution >= 4 is 5.97 Å². The quantitative estimate of drug-likeness (QED) is 0.194. The van der Waals surface area contributed by atoms with Gasteiger partial charge in [0.05, 0.1) is 5.92 Å². The summed E-state index contributed by atoms with van der Waals surface area (Å²) in [7, 11) is 0. The zero-order valence-electron chi connectivity index (χ0n) is 18.4. The third-order valence-electron chi connectivity index (χ3n) is 5.56. The summed E-state index contributed by atoms with van der Waals surface area (Å²) in [5.74, 6) is -0.592. The molecule has 0 spiro atoms. The molecule has 27 heavy (non-hydrogen) atoms. The van der Waals surface area contributed by atoms with Gasteiger partial charge in [0, 0.05) is 6.61 Å². The molecule has 5 N–H and O–H groups in total. The van der Waals surface area contributed by atoms with Crippen molar-refractivity contribution in [2.75, 3.05) is 6.61 Å². The first-order valence-corrected chi connectivity index (χ1v) is 11.5. The first-order valence-electron chi connectivity index (χ1n) is 11.5. The van der Waals surface area contributed by atoms with Crippen LogP contribution in [0.4, 0.5) is 0 Å². The Morgan fingerprint density at radius 1 is 0.741 bits per heavy atom. The minimum atomic E-state index is -0.663. The van der Waals surface area contributed by atoms with E-state index in [-0.39, 0.29) is 18.7 Å². The van der Waals surface area contributed by atoms with Crippen LogP contribution in [0.1, 0.15) is 123 Å². The van der Waals surface area contributed by atoms with Crippen molar-refractivity contribution in [3.8, 4) is 0 Å². The Balaban J connectivity index is 0. The number of hydrogen-bond acceptors (Lipinski definition) is 3. The van der Waals surface area contributed by atoms with Crippen LogP contribution in [0.5, 0.6) is 0 Å². The van der Waals surface area contributed by atoms with Gasteiger partial charge < -0.3 is 16.4 Å². The zero-order valence-corrected chi connectivity index (χ0v) is 18.4. The number of rotatable bonds is 20. The van der Waals surface area contributed by atoms with Gasteiger partial charge in [-0.3, -0.25) is 4.79 Å². The molecule has 4 heteroatoms. The van der Waals surface area contributed by atoms with Crippen LogP contribution < -0.4 is 6.15 Å². The smallest absolute Gasteiger partial charge is 0.306 e. The fourth-order valence-corrected chi connectivity index (χ4v) is 3.75. The lowest BCUT2D eigenvalue weighted by molar-refractivity contribution is -0.142. The number of hydrogen-bond donors (Lipinski definition) is 3. The van der Waals surface area contributed by atoms with Gasteiger partial charge in [-0.2, -0.15) is 0 Å². The number of aliphatic carboxylic acids is 1. The highest BCUT2D eigenvalue weighted by molar-refractivity contribution is 5.69. The Kier molecular flexibility index (Phi) is 23.0. The highest BCUT2D eigenvalue weighted by Crippen LogP contribution is 2.22. The Morgan fingerprint density at radius 3 is 1.52 bits per heavy atom. The molecule has 164 valence electrons. The summed E-state index contributed by atoms with van der Waals surface area (Å²) in [4.78, 5) is 11.3. The summed E-state index contributed by atoms with van der Waals surface area (Å²) in [5.41, 5.74) is 0. The van der Waals surface area contributed by atoms with E-state index in [0.29, 0.717) is 18.8 Å². The highest BCUT2D eigenvalue weighted by Gasteiger charge is 2.19. The van der Waals surface area contributed by atoms with Crippen molar-refractivity contribution in [3.05, 3.63) is 0 Å². The number of carboxylic acids is 1. The zero-order chi connectivity index (χ0) is 19.5. The Labute approximate surface area is 169 Å². The Bertz CT molecular complexity index is 310. The molecule has 0 aromatic heterocycles. The molecule has 0 fully saturated rings. The Hall–Kier alpha value is -0.610. The summed E-state index contributed by atoms with van der Waals surface area (Å²) < 4.78 is 0. The molecule has 0 saturated carbocycles. The number of carbonyl (C=O) groups is 1. The molecule has 0 aliphatic carbocycles. The van der Waals surface area contributed by atoms with Crippen molar-refractivity contribution in [3.63, 3.8) is 0 Å². The average molecular weight is 388 g/mol. The minimum Gasteiger partial charge on any atom is -0.481 e. The maximum absolute atomic E-state index is 11.3. The van der Waals surface area contributed by atoms with Crippen LogP contribution in [0.3, 0.4) is 0 Å². The second kappa shape index (κ2) is 21.7. The third-order valence-corrected chi connectivity index (χ3v) is 5.56. The molecule has 0 bridgehead atoms. The van der Waals surface area contributed by atoms with Crippen molar-refractivity contribution in [2.24, 2.45) is 11.8 Å². The molecule has 0 aromatic rings. The van der Waals surface area contributed by atoms with Crippen molar-refractivity contribution in [1.29, 1.82) is 0 Å².